The van der Waals surface area contributed by atoms with Crippen LogP contribution in [0.2, 0.25) is 16.6 Å². The van der Waals surface area contributed by atoms with E-state index in [0.29, 0.717) is 36.1 Å². The molecular weight excluding hydrogens is 352 g/mol. The Hall–Kier alpha value is -1.13. The molecule has 1 N–H and O–H groups in total. The summed E-state index contributed by atoms with van der Waals surface area (Å²) >= 11 is 0. The molecule has 0 saturated heterocycles. The minimum absolute atomic E-state index is 0.00271. The third kappa shape index (κ3) is 4.83. The molecule has 4 heteroatoms. The van der Waals surface area contributed by atoms with Crippen LogP contribution in [0.1, 0.15) is 68.2 Å². The molecule has 154 valence electrons. The number of carbonyl (C=O) groups is 1. The van der Waals surface area contributed by atoms with Gasteiger partial charge in [0.05, 0.1) is 6.61 Å². The number of allylic oxidation sites excluding steroid dienone is 4. The molecule has 1 rings (SSSR count). The van der Waals surface area contributed by atoms with Crippen LogP contribution in [0.25, 0.3) is 0 Å². The fourth-order valence-electron chi connectivity index (χ4n) is 4.85. The summed E-state index contributed by atoms with van der Waals surface area (Å²) < 4.78 is 6.65. The highest BCUT2D eigenvalue weighted by Crippen LogP contribution is 2.44. The van der Waals surface area contributed by atoms with E-state index in [1.807, 2.05) is 13.0 Å². The fraction of sp³-hybridized carbons (Fsp3) is 0.696. The quantitative estimate of drug-likeness (QED) is 0.331. The largest absolute Gasteiger partial charge is 0.505 e. The highest BCUT2D eigenvalue weighted by atomic mass is 28.4. The van der Waals surface area contributed by atoms with E-state index in [4.69, 9.17) is 4.43 Å². The summed E-state index contributed by atoms with van der Waals surface area (Å²) in [6, 6.07) is 0. The number of carbonyl (C=O) groups excluding carboxylic acids is 1. The predicted molar refractivity (Wildman–Crippen MR) is 118 cm³/mol. The lowest BCUT2D eigenvalue weighted by Crippen LogP contribution is -2.48. The Balaban J connectivity index is 2.91. The smallest absolute Gasteiger partial charge is 0.203 e. The van der Waals surface area contributed by atoms with Crippen molar-refractivity contribution < 1.29 is 14.3 Å². The Labute approximate surface area is 167 Å². The molecule has 0 unspecified atom stereocenters. The van der Waals surface area contributed by atoms with Crippen molar-refractivity contribution in [3.63, 3.8) is 0 Å². The second-order valence-corrected chi connectivity index (χ2v) is 14.8. The second-order valence-electron chi connectivity index (χ2n) is 9.29. The summed E-state index contributed by atoms with van der Waals surface area (Å²) in [7, 11) is -1.89. The Kier molecular flexibility index (Phi) is 8.30. The van der Waals surface area contributed by atoms with Crippen molar-refractivity contribution in [3.05, 3.63) is 36.1 Å². The molecule has 1 aliphatic rings. The van der Waals surface area contributed by atoms with Gasteiger partial charge in [0.25, 0.3) is 0 Å². The van der Waals surface area contributed by atoms with Crippen molar-refractivity contribution in [3.8, 4) is 0 Å². The summed E-state index contributed by atoms with van der Waals surface area (Å²) in [6.45, 7) is 22.2. The summed E-state index contributed by atoms with van der Waals surface area (Å²) in [4.78, 5) is 12.5. The predicted octanol–water partition coefficient (Wildman–Crippen LogP) is 6.74. The van der Waals surface area contributed by atoms with Gasteiger partial charge in [0.1, 0.15) is 0 Å². The number of Topliss-reactive ketones (excluding diaryl/α,β-unsaturated/α-hetero) is 1. The van der Waals surface area contributed by atoms with Crippen LogP contribution in [0.4, 0.5) is 0 Å². The molecule has 0 radical (unpaired) electrons. The molecule has 0 fully saturated rings. The molecule has 0 saturated carbocycles. The first-order valence-corrected chi connectivity index (χ1v) is 12.4. The lowest BCUT2D eigenvalue weighted by Gasteiger charge is -2.42. The van der Waals surface area contributed by atoms with E-state index in [2.05, 4.69) is 61.1 Å². The molecule has 0 amide bonds. The second kappa shape index (κ2) is 9.38. The van der Waals surface area contributed by atoms with Crippen molar-refractivity contribution in [2.75, 3.05) is 6.61 Å². The van der Waals surface area contributed by atoms with Gasteiger partial charge in [-0.25, -0.2) is 0 Å². The van der Waals surface area contributed by atoms with E-state index >= 15 is 0 Å². The van der Waals surface area contributed by atoms with Gasteiger partial charge in [-0.3, -0.25) is 4.79 Å². The number of ketones is 1. The minimum atomic E-state index is -1.89. The van der Waals surface area contributed by atoms with Gasteiger partial charge in [-0.2, -0.15) is 0 Å². The first kappa shape index (κ1) is 23.9. The molecule has 0 heterocycles. The molecule has 27 heavy (non-hydrogen) atoms. The number of aliphatic hydroxyl groups excluding tert-OH is 1. The molecule has 0 aromatic rings. The molecule has 2 atom stereocenters. The summed E-state index contributed by atoms with van der Waals surface area (Å²) in [5, 5.41) is 9.93. The van der Waals surface area contributed by atoms with E-state index in [0.717, 1.165) is 5.57 Å². The van der Waals surface area contributed by atoms with Crippen LogP contribution in [0.5, 0.6) is 0 Å². The highest BCUT2D eigenvalue weighted by molar-refractivity contribution is 6.77. The van der Waals surface area contributed by atoms with Crippen molar-refractivity contribution in [1.82, 2.24) is 0 Å². The van der Waals surface area contributed by atoms with E-state index in [9.17, 15) is 9.90 Å². The van der Waals surface area contributed by atoms with Crippen LogP contribution >= 0.6 is 0 Å². The van der Waals surface area contributed by atoms with Gasteiger partial charge >= 0.3 is 0 Å². The zero-order valence-corrected chi connectivity index (χ0v) is 19.6. The summed E-state index contributed by atoms with van der Waals surface area (Å²) in [5.41, 5.74) is 2.22. The molecule has 0 aromatic heterocycles. The number of rotatable bonds is 10. The third-order valence-corrected chi connectivity index (χ3v) is 12.5. The zero-order valence-electron chi connectivity index (χ0n) is 18.6. The van der Waals surface area contributed by atoms with Gasteiger partial charge in [-0.05, 0) is 48.4 Å². The average molecular weight is 393 g/mol. The molecule has 0 aliphatic heterocycles. The molecule has 0 aromatic carbocycles. The van der Waals surface area contributed by atoms with E-state index in [-0.39, 0.29) is 17.5 Å². The Morgan fingerprint density at radius 2 is 1.78 bits per heavy atom. The van der Waals surface area contributed by atoms with Crippen molar-refractivity contribution in [2.45, 2.75) is 84.9 Å². The highest BCUT2D eigenvalue weighted by Gasteiger charge is 2.46. The van der Waals surface area contributed by atoms with Gasteiger partial charge in [0, 0.05) is 5.41 Å². The maximum absolute atomic E-state index is 12.5. The van der Waals surface area contributed by atoms with Crippen LogP contribution in [0, 0.1) is 11.3 Å². The number of aliphatic hydroxyl groups is 1. The lowest BCUT2D eigenvalue weighted by molar-refractivity contribution is -0.126. The van der Waals surface area contributed by atoms with Gasteiger partial charge in [-0.1, -0.05) is 66.2 Å². The van der Waals surface area contributed by atoms with Crippen LogP contribution in [-0.4, -0.2) is 25.8 Å². The van der Waals surface area contributed by atoms with Gasteiger partial charge in [-0.15, -0.1) is 6.58 Å². The van der Waals surface area contributed by atoms with Crippen LogP contribution in [0.15, 0.2) is 36.1 Å². The Bertz CT molecular complexity index is 579. The van der Waals surface area contributed by atoms with Crippen molar-refractivity contribution >= 4 is 14.1 Å². The topological polar surface area (TPSA) is 46.5 Å². The minimum Gasteiger partial charge on any atom is -0.505 e. The van der Waals surface area contributed by atoms with E-state index in [1.54, 1.807) is 6.08 Å². The maximum Gasteiger partial charge on any atom is 0.203 e. The molecule has 3 nitrogen and oxygen atoms in total. The molecular formula is C23H40O3Si. The standard InChI is InChI=1S/C23H40O3Si/c1-10-11-20-14-21(24)22(25)23(20,9)13-12-19(8)15-26-27(16(2)3,17(4)5)18(6)7/h10,12,14,16-18,20,24H,1,11,13,15H2,2-9H3/b19-12+/t20-,23+/m1/s1. The number of hydrogen-bond donors (Lipinski definition) is 1. The summed E-state index contributed by atoms with van der Waals surface area (Å²) in [5.74, 6) is -0.255. The fourth-order valence-corrected chi connectivity index (χ4v) is 10.3. The van der Waals surface area contributed by atoms with Crippen LogP contribution in [-0.2, 0) is 9.22 Å². The third-order valence-electron chi connectivity index (χ3n) is 6.48. The van der Waals surface area contributed by atoms with E-state index in [1.165, 1.54) is 0 Å². The van der Waals surface area contributed by atoms with E-state index < -0.39 is 13.7 Å². The van der Waals surface area contributed by atoms with Gasteiger partial charge < -0.3 is 9.53 Å². The van der Waals surface area contributed by atoms with Crippen molar-refractivity contribution in [2.24, 2.45) is 11.3 Å². The normalized spacial score (nSPS) is 24.3. The number of hydrogen-bond acceptors (Lipinski definition) is 3. The van der Waals surface area contributed by atoms with Crippen LogP contribution in [0.3, 0.4) is 0 Å². The Morgan fingerprint density at radius 1 is 1.26 bits per heavy atom. The first-order chi connectivity index (χ1) is 12.4. The molecule has 0 bridgehead atoms. The lowest BCUT2D eigenvalue weighted by atomic mass is 9.73. The molecule has 1 aliphatic carbocycles. The summed E-state index contributed by atoms with van der Waals surface area (Å²) in [6.07, 6.45) is 6.94. The SMILES string of the molecule is C=CC[C@@H]1C=C(O)C(=O)[C@@]1(C)C/C=C(\C)CO[Si](C(C)C)(C(C)C)C(C)C. The molecule has 0 spiro atoms. The zero-order chi connectivity index (χ0) is 21.0. The van der Waals surface area contributed by atoms with Crippen LogP contribution < -0.4 is 0 Å². The Morgan fingerprint density at radius 3 is 2.22 bits per heavy atom. The van der Waals surface area contributed by atoms with Crippen molar-refractivity contribution in [1.29, 1.82) is 0 Å². The monoisotopic (exact) mass is 392 g/mol. The average Bonchev–Trinajstić information content (AvgIpc) is 2.77. The van der Waals surface area contributed by atoms with Gasteiger partial charge in [0.2, 0.25) is 14.1 Å². The first-order valence-electron chi connectivity index (χ1n) is 10.3. The van der Waals surface area contributed by atoms with Gasteiger partial charge in [0.15, 0.2) is 5.76 Å². The maximum atomic E-state index is 12.5.